The second-order valence-corrected chi connectivity index (χ2v) is 6.01. The third kappa shape index (κ3) is 2.91. The lowest BCUT2D eigenvalue weighted by Gasteiger charge is -2.09. The Morgan fingerprint density at radius 2 is 2.25 bits per heavy atom. The van der Waals surface area contributed by atoms with Crippen molar-refractivity contribution in [1.82, 2.24) is 9.88 Å². The van der Waals surface area contributed by atoms with E-state index in [-0.39, 0.29) is 0 Å². The molecule has 1 aliphatic rings. The maximum absolute atomic E-state index is 8.84. The Balaban J connectivity index is 1.57. The Hall–Kier alpha value is -2.06. The number of nitrogens with zero attached hydrogens (tertiary/aromatic N) is 3. The summed E-state index contributed by atoms with van der Waals surface area (Å²) < 4.78 is 0. The summed E-state index contributed by atoms with van der Waals surface area (Å²) in [6.07, 6.45) is 5.21. The van der Waals surface area contributed by atoms with Crippen molar-refractivity contribution in [2.45, 2.75) is 6.42 Å². The molecule has 0 radical (unpaired) electrons. The molecule has 1 aliphatic heterocycles. The van der Waals surface area contributed by atoms with Crippen LogP contribution in [0.3, 0.4) is 0 Å². The third-order valence-corrected chi connectivity index (χ3v) is 4.54. The van der Waals surface area contributed by atoms with Crippen molar-refractivity contribution in [2.75, 3.05) is 25.0 Å². The molecule has 1 N–H and O–H groups in total. The first-order chi connectivity index (χ1) is 9.85. The molecule has 1 saturated heterocycles. The Morgan fingerprint density at radius 3 is 3.00 bits per heavy atom. The Morgan fingerprint density at radius 1 is 1.40 bits per heavy atom. The van der Waals surface area contributed by atoms with E-state index in [2.05, 4.69) is 28.6 Å². The van der Waals surface area contributed by atoms with Gasteiger partial charge in [-0.2, -0.15) is 5.26 Å². The van der Waals surface area contributed by atoms with Crippen molar-refractivity contribution < 1.29 is 0 Å². The minimum Gasteiger partial charge on any atom is -0.361 e. The van der Waals surface area contributed by atoms with Crippen molar-refractivity contribution >= 4 is 16.5 Å². The molecule has 3 rings (SSSR count). The maximum Gasteiger partial charge on any atom is 0.183 e. The summed E-state index contributed by atoms with van der Waals surface area (Å²) in [5.41, 5.74) is 1.20. The van der Waals surface area contributed by atoms with Crippen molar-refractivity contribution in [2.24, 2.45) is 5.92 Å². The fourth-order valence-corrected chi connectivity index (χ4v) is 3.24. The van der Waals surface area contributed by atoms with E-state index in [1.807, 2.05) is 29.3 Å². The van der Waals surface area contributed by atoms with Gasteiger partial charge in [-0.05, 0) is 17.9 Å². The van der Waals surface area contributed by atoms with E-state index in [9.17, 15) is 0 Å². The molecule has 2 aromatic rings. The molecular weight excluding hydrogens is 268 g/mol. The predicted molar refractivity (Wildman–Crippen MR) is 81.3 cm³/mol. The molecule has 0 aliphatic carbocycles. The number of likely N-dealkylation sites (tertiary alicyclic amines) is 1. The van der Waals surface area contributed by atoms with Gasteiger partial charge in [-0.25, -0.2) is 4.98 Å². The van der Waals surface area contributed by atoms with Crippen LogP contribution in [0.15, 0.2) is 36.5 Å². The molecule has 1 aromatic carbocycles. The van der Waals surface area contributed by atoms with Crippen LogP contribution in [0.25, 0.3) is 10.4 Å². The molecule has 2 heterocycles. The number of anilines is 1. The summed E-state index contributed by atoms with van der Waals surface area (Å²) in [5.74, 6) is 0.540. The van der Waals surface area contributed by atoms with Crippen molar-refractivity contribution in [1.29, 1.82) is 5.26 Å². The summed E-state index contributed by atoms with van der Waals surface area (Å²) in [7, 11) is 0. The Kier molecular flexibility index (Phi) is 3.84. The fourth-order valence-electron chi connectivity index (χ4n) is 2.41. The molecule has 102 valence electrons. The first-order valence-corrected chi connectivity index (χ1v) is 7.56. The monoisotopic (exact) mass is 284 g/mol. The molecule has 0 bridgehead atoms. The molecule has 5 heteroatoms. The Bertz CT molecular complexity index is 602. The summed E-state index contributed by atoms with van der Waals surface area (Å²) in [6.45, 7) is 2.64. The maximum atomic E-state index is 8.84. The standard InChI is InChI=1S/C15H16N4S/c16-11-19-7-6-12(10-19)8-17-15-18-9-14(20-15)13-4-2-1-3-5-13/h1-5,9,12H,6-8,10H2,(H,17,18)/t12-/m1/s1. The number of nitriles is 1. The van der Waals surface area contributed by atoms with Crippen molar-refractivity contribution in [3.63, 3.8) is 0 Å². The molecule has 1 fully saturated rings. The SMILES string of the molecule is N#CN1CC[C@H](CNc2ncc(-c3ccccc3)s2)C1. The molecule has 0 saturated carbocycles. The first kappa shape index (κ1) is 12.9. The van der Waals surface area contributed by atoms with Gasteiger partial charge < -0.3 is 10.2 Å². The van der Waals surface area contributed by atoms with Crippen LogP contribution in [0.1, 0.15) is 6.42 Å². The van der Waals surface area contributed by atoms with Crippen molar-refractivity contribution in [3.8, 4) is 16.6 Å². The highest BCUT2D eigenvalue weighted by molar-refractivity contribution is 7.18. The molecule has 1 aromatic heterocycles. The average molecular weight is 284 g/mol. The lowest BCUT2D eigenvalue weighted by Crippen LogP contribution is -2.18. The quantitative estimate of drug-likeness (QED) is 0.877. The lowest BCUT2D eigenvalue weighted by atomic mass is 10.1. The van der Waals surface area contributed by atoms with Gasteiger partial charge >= 0.3 is 0 Å². The van der Waals surface area contributed by atoms with Crippen LogP contribution >= 0.6 is 11.3 Å². The number of thiazole rings is 1. The molecule has 0 amide bonds. The van der Waals surface area contributed by atoms with Gasteiger partial charge in [-0.1, -0.05) is 41.7 Å². The fraction of sp³-hybridized carbons (Fsp3) is 0.333. The van der Waals surface area contributed by atoms with Gasteiger partial charge in [0, 0.05) is 25.8 Å². The van der Waals surface area contributed by atoms with E-state index in [1.54, 1.807) is 11.3 Å². The van der Waals surface area contributed by atoms with Gasteiger partial charge in [0.1, 0.15) is 0 Å². The number of nitrogens with one attached hydrogen (secondary N) is 1. The lowest BCUT2D eigenvalue weighted by molar-refractivity contribution is 0.461. The average Bonchev–Trinajstić information content (AvgIpc) is 3.15. The van der Waals surface area contributed by atoms with Gasteiger partial charge in [0.15, 0.2) is 11.3 Å². The molecule has 1 atom stereocenters. The van der Waals surface area contributed by atoms with Crippen LogP contribution in [0.5, 0.6) is 0 Å². The van der Waals surface area contributed by atoms with E-state index in [1.165, 1.54) is 10.4 Å². The minimum absolute atomic E-state index is 0.540. The Labute approximate surface area is 122 Å². The van der Waals surface area contributed by atoms with Crippen LogP contribution in [0.2, 0.25) is 0 Å². The normalized spacial score (nSPS) is 17.9. The summed E-state index contributed by atoms with van der Waals surface area (Å²) in [4.78, 5) is 7.42. The largest absolute Gasteiger partial charge is 0.361 e. The van der Waals surface area contributed by atoms with Gasteiger partial charge in [0.25, 0.3) is 0 Å². The number of rotatable bonds is 4. The molecule has 0 unspecified atom stereocenters. The summed E-state index contributed by atoms with van der Waals surface area (Å²) in [6, 6.07) is 10.3. The zero-order valence-corrected chi connectivity index (χ0v) is 11.9. The second-order valence-electron chi connectivity index (χ2n) is 4.98. The summed E-state index contributed by atoms with van der Waals surface area (Å²) in [5, 5.41) is 13.2. The smallest absolute Gasteiger partial charge is 0.183 e. The van der Waals surface area contributed by atoms with Crippen LogP contribution in [0.4, 0.5) is 5.13 Å². The van der Waals surface area contributed by atoms with Gasteiger partial charge in [-0.15, -0.1) is 0 Å². The molecule has 4 nitrogen and oxygen atoms in total. The van der Waals surface area contributed by atoms with Crippen LogP contribution in [0, 0.1) is 17.4 Å². The van der Waals surface area contributed by atoms with Gasteiger partial charge in [0.05, 0.1) is 4.88 Å². The van der Waals surface area contributed by atoms with E-state index in [0.717, 1.165) is 31.2 Å². The first-order valence-electron chi connectivity index (χ1n) is 6.75. The van der Waals surface area contributed by atoms with E-state index in [4.69, 9.17) is 5.26 Å². The predicted octanol–water partition coefficient (Wildman–Crippen LogP) is 3.02. The number of aromatic nitrogens is 1. The van der Waals surface area contributed by atoms with Crippen LogP contribution in [-0.2, 0) is 0 Å². The van der Waals surface area contributed by atoms with Gasteiger partial charge in [0.2, 0.25) is 0 Å². The zero-order valence-electron chi connectivity index (χ0n) is 11.1. The zero-order chi connectivity index (χ0) is 13.8. The second kappa shape index (κ2) is 5.93. The third-order valence-electron chi connectivity index (χ3n) is 3.53. The van der Waals surface area contributed by atoms with E-state index < -0.39 is 0 Å². The topological polar surface area (TPSA) is 52.0 Å². The van der Waals surface area contributed by atoms with Crippen molar-refractivity contribution in [3.05, 3.63) is 36.5 Å². The summed E-state index contributed by atoms with van der Waals surface area (Å²) >= 11 is 1.68. The number of hydrogen-bond acceptors (Lipinski definition) is 5. The highest BCUT2D eigenvalue weighted by Crippen LogP contribution is 2.29. The minimum atomic E-state index is 0.540. The highest BCUT2D eigenvalue weighted by atomic mass is 32.1. The molecule has 20 heavy (non-hydrogen) atoms. The number of benzene rings is 1. The number of hydrogen-bond donors (Lipinski definition) is 1. The highest BCUT2D eigenvalue weighted by Gasteiger charge is 2.21. The van der Waals surface area contributed by atoms with Crippen LogP contribution in [-0.4, -0.2) is 29.5 Å². The van der Waals surface area contributed by atoms with Gasteiger partial charge in [-0.3, -0.25) is 0 Å². The molecular formula is C15H16N4S. The molecule has 0 spiro atoms. The van der Waals surface area contributed by atoms with Crippen LogP contribution < -0.4 is 5.32 Å². The van der Waals surface area contributed by atoms with E-state index in [0.29, 0.717) is 5.92 Å². The van der Waals surface area contributed by atoms with E-state index >= 15 is 0 Å².